The highest BCUT2D eigenvalue weighted by molar-refractivity contribution is 5.81. The van der Waals surface area contributed by atoms with E-state index in [0.29, 0.717) is 18.8 Å². The Hall–Kier alpha value is -3.35. The third-order valence-electron chi connectivity index (χ3n) is 6.78. The van der Waals surface area contributed by atoms with Crippen LogP contribution in [0, 0.1) is 11.8 Å². The lowest BCUT2D eigenvalue weighted by molar-refractivity contribution is -0.137. The molecular formula is C27H32N2O5. The summed E-state index contributed by atoms with van der Waals surface area (Å²) < 4.78 is 5.59. The van der Waals surface area contributed by atoms with Gasteiger partial charge in [-0.1, -0.05) is 68.3 Å². The molecule has 3 N–H and O–H groups in total. The van der Waals surface area contributed by atoms with Gasteiger partial charge in [-0.3, -0.25) is 9.59 Å². The van der Waals surface area contributed by atoms with Crippen LogP contribution in [0.1, 0.15) is 56.1 Å². The van der Waals surface area contributed by atoms with Crippen molar-refractivity contribution >= 4 is 18.0 Å². The number of carboxylic acids is 1. The molecule has 1 saturated carbocycles. The molecule has 7 heteroatoms. The van der Waals surface area contributed by atoms with E-state index in [4.69, 9.17) is 9.84 Å². The van der Waals surface area contributed by atoms with Crippen molar-refractivity contribution in [3.05, 3.63) is 59.7 Å². The Balaban J connectivity index is 1.33. The highest BCUT2D eigenvalue weighted by Gasteiger charge is 2.32. The fourth-order valence-corrected chi connectivity index (χ4v) is 4.72. The van der Waals surface area contributed by atoms with E-state index in [1.165, 1.54) is 11.1 Å². The largest absolute Gasteiger partial charge is 0.481 e. The number of carboxylic acid groups (broad SMARTS) is 1. The van der Waals surface area contributed by atoms with Gasteiger partial charge in [0.1, 0.15) is 6.61 Å². The summed E-state index contributed by atoms with van der Waals surface area (Å²) >= 11 is 0. The molecule has 2 aromatic rings. The Morgan fingerprint density at radius 3 is 2.21 bits per heavy atom. The summed E-state index contributed by atoms with van der Waals surface area (Å²) in [6.45, 7) is 2.23. The first kappa shape index (κ1) is 23.8. The van der Waals surface area contributed by atoms with Crippen molar-refractivity contribution in [1.82, 2.24) is 10.6 Å². The average molecular weight is 465 g/mol. The molecule has 0 spiro atoms. The smallest absolute Gasteiger partial charge is 0.407 e. The van der Waals surface area contributed by atoms with Crippen LogP contribution in [0.25, 0.3) is 11.1 Å². The maximum Gasteiger partial charge on any atom is 0.407 e. The molecule has 0 heterocycles. The van der Waals surface area contributed by atoms with Crippen molar-refractivity contribution in [3.63, 3.8) is 0 Å². The number of fused-ring (bicyclic) bond motifs is 3. The lowest BCUT2D eigenvalue weighted by atomic mass is 9.98. The minimum atomic E-state index is -0.942. The van der Waals surface area contributed by atoms with Crippen LogP contribution in [0.3, 0.4) is 0 Å². The van der Waals surface area contributed by atoms with Gasteiger partial charge in [-0.05, 0) is 41.0 Å². The van der Waals surface area contributed by atoms with Gasteiger partial charge in [0.05, 0.1) is 12.3 Å². The summed E-state index contributed by atoms with van der Waals surface area (Å²) in [5.74, 6) is -1.10. The number of carbonyl (C=O) groups excluding carboxylic acids is 2. The molecule has 34 heavy (non-hydrogen) atoms. The quantitative estimate of drug-likeness (QED) is 0.460. The van der Waals surface area contributed by atoms with Gasteiger partial charge in [0.25, 0.3) is 0 Å². The van der Waals surface area contributed by atoms with Crippen LogP contribution >= 0.6 is 0 Å². The van der Waals surface area contributed by atoms with Gasteiger partial charge in [-0.15, -0.1) is 0 Å². The Kier molecular flexibility index (Phi) is 7.50. The van der Waals surface area contributed by atoms with Crippen LogP contribution in [0.15, 0.2) is 48.5 Å². The first-order valence-electron chi connectivity index (χ1n) is 12.1. The molecule has 1 unspecified atom stereocenters. The molecule has 0 saturated heterocycles. The van der Waals surface area contributed by atoms with Crippen LogP contribution in [-0.2, 0) is 14.3 Å². The summed E-state index contributed by atoms with van der Waals surface area (Å²) in [5.41, 5.74) is 4.62. The third kappa shape index (κ3) is 5.76. The molecule has 2 amide bonds. The number of nitrogens with one attached hydrogen (secondary N) is 2. The van der Waals surface area contributed by atoms with E-state index in [1.807, 2.05) is 31.2 Å². The molecule has 2 atom stereocenters. The summed E-state index contributed by atoms with van der Waals surface area (Å²) in [7, 11) is 0. The number of ether oxygens (including phenoxy) is 1. The van der Waals surface area contributed by atoms with Crippen molar-refractivity contribution in [2.75, 3.05) is 13.2 Å². The van der Waals surface area contributed by atoms with Crippen molar-refractivity contribution in [1.29, 1.82) is 0 Å². The SMILES string of the molecule is CC[C@@H](CC(=O)O)NC(=O)C(CNC(=O)OCC1c2ccccc2-c2ccccc21)CC1CC1. The van der Waals surface area contributed by atoms with E-state index in [1.54, 1.807) is 0 Å². The average Bonchev–Trinajstić information content (AvgIpc) is 3.60. The van der Waals surface area contributed by atoms with E-state index in [0.717, 1.165) is 24.0 Å². The molecule has 180 valence electrons. The summed E-state index contributed by atoms with van der Waals surface area (Å²) in [6, 6.07) is 15.9. The number of alkyl carbamates (subject to hydrolysis) is 1. The highest BCUT2D eigenvalue weighted by atomic mass is 16.5. The van der Waals surface area contributed by atoms with Crippen molar-refractivity contribution in [3.8, 4) is 11.1 Å². The zero-order chi connectivity index (χ0) is 24.1. The fraction of sp³-hybridized carbons (Fsp3) is 0.444. The first-order chi connectivity index (χ1) is 16.5. The summed E-state index contributed by atoms with van der Waals surface area (Å²) in [4.78, 5) is 36.4. The van der Waals surface area contributed by atoms with Gasteiger partial charge >= 0.3 is 12.1 Å². The molecule has 2 aliphatic carbocycles. The van der Waals surface area contributed by atoms with E-state index < -0.39 is 24.0 Å². The summed E-state index contributed by atoms with van der Waals surface area (Å²) in [5, 5.41) is 14.6. The number of carbonyl (C=O) groups is 3. The molecule has 0 aliphatic heterocycles. The zero-order valence-electron chi connectivity index (χ0n) is 19.5. The van der Waals surface area contributed by atoms with Crippen LogP contribution in [0.2, 0.25) is 0 Å². The second kappa shape index (κ2) is 10.7. The molecule has 0 aromatic heterocycles. The standard InChI is InChI=1S/C27H32N2O5/c1-2-19(14-25(30)31)29-26(32)18(13-17-11-12-17)15-28-27(33)34-16-24-22-9-5-3-7-20(22)21-8-4-6-10-23(21)24/h3-10,17-19,24H,2,11-16H2,1H3,(H,28,33)(H,29,32)(H,30,31)/t18?,19-/m0/s1. The third-order valence-corrected chi connectivity index (χ3v) is 6.78. The number of aliphatic carboxylic acids is 1. The Bertz CT molecular complexity index is 1000. The maximum absolute atomic E-state index is 12.8. The second-order valence-electron chi connectivity index (χ2n) is 9.29. The Labute approximate surface area is 199 Å². The van der Waals surface area contributed by atoms with Gasteiger partial charge in [-0.25, -0.2) is 4.79 Å². The van der Waals surface area contributed by atoms with Crippen molar-refractivity contribution in [2.24, 2.45) is 11.8 Å². The molecule has 4 rings (SSSR count). The topological polar surface area (TPSA) is 105 Å². The van der Waals surface area contributed by atoms with Crippen LogP contribution < -0.4 is 10.6 Å². The van der Waals surface area contributed by atoms with E-state index in [9.17, 15) is 14.4 Å². The normalized spacial score (nSPS) is 16.1. The Morgan fingerprint density at radius 1 is 1.03 bits per heavy atom. The predicted octanol–water partition coefficient (Wildman–Crippen LogP) is 4.31. The number of rotatable bonds is 11. The molecule has 7 nitrogen and oxygen atoms in total. The molecule has 0 radical (unpaired) electrons. The molecule has 1 fully saturated rings. The summed E-state index contributed by atoms with van der Waals surface area (Å²) in [6.07, 6.45) is 2.72. The van der Waals surface area contributed by atoms with Gasteiger partial charge in [-0.2, -0.15) is 0 Å². The number of hydrogen-bond acceptors (Lipinski definition) is 4. The van der Waals surface area contributed by atoms with Crippen LogP contribution in [0.4, 0.5) is 4.79 Å². The minimum Gasteiger partial charge on any atom is -0.481 e. The molecular weight excluding hydrogens is 432 g/mol. The first-order valence-corrected chi connectivity index (χ1v) is 12.1. The minimum absolute atomic E-state index is 0.0231. The lowest BCUT2D eigenvalue weighted by Crippen LogP contribution is -2.44. The van der Waals surface area contributed by atoms with Crippen LogP contribution in [0.5, 0.6) is 0 Å². The highest BCUT2D eigenvalue weighted by Crippen LogP contribution is 2.44. The zero-order valence-corrected chi connectivity index (χ0v) is 19.5. The fourth-order valence-electron chi connectivity index (χ4n) is 4.72. The Morgan fingerprint density at radius 2 is 1.65 bits per heavy atom. The number of hydrogen-bond donors (Lipinski definition) is 3. The number of amides is 2. The van der Waals surface area contributed by atoms with E-state index >= 15 is 0 Å². The maximum atomic E-state index is 12.8. The molecule has 2 aromatic carbocycles. The van der Waals surface area contributed by atoms with Gasteiger partial charge < -0.3 is 20.5 Å². The predicted molar refractivity (Wildman–Crippen MR) is 128 cm³/mol. The second-order valence-corrected chi connectivity index (χ2v) is 9.29. The van der Waals surface area contributed by atoms with Crippen LogP contribution in [-0.4, -0.2) is 42.3 Å². The van der Waals surface area contributed by atoms with E-state index in [2.05, 4.69) is 34.9 Å². The van der Waals surface area contributed by atoms with Crippen molar-refractivity contribution in [2.45, 2.75) is 51.0 Å². The van der Waals surface area contributed by atoms with Gasteiger partial charge in [0.15, 0.2) is 0 Å². The van der Waals surface area contributed by atoms with Crippen molar-refractivity contribution < 1.29 is 24.2 Å². The lowest BCUT2D eigenvalue weighted by Gasteiger charge is -2.21. The monoisotopic (exact) mass is 464 g/mol. The molecule has 2 aliphatic rings. The number of benzene rings is 2. The van der Waals surface area contributed by atoms with Gasteiger partial charge in [0.2, 0.25) is 5.91 Å². The van der Waals surface area contributed by atoms with E-state index in [-0.39, 0.29) is 31.4 Å². The molecule has 0 bridgehead atoms. The van der Waals surface area contributed by atoms with Gasteiger partial charge in [0, 0.05) is 18.5 Å².